The van der Waals surface area contributed by atoms with Crippen molar-refractivity contribution in [2.24, 2.45) is 0 Å². The van der Waals surface area contributed by atoms with E-state index in [1.165, 1.54) is 4.90 Å². The summed E-state index contributed by atoms with van der Waals surface area (Å²) in [7, 11) is 0. The van der Waals surface area contributed by atoms with Crippen LogP contribution < -0.4 is 4.90 Å². The molecule has 2 heterocycles. The van der Waals surface area contributed by atoms with Crippen LogP contribution in [0.3, 0.4) is 0 Å². The lowest BCUT2D eigenvalue weighted by Gasteiger charge is -2.24. The van der Waals surface area contributed by atoms with Gasteiger partial charge in [0.15, 0.2) is 0 Å². The van der Waals surface area contributed by atoms with Gasteiger partial charge in [0.1, 0.15) is 0 Å². The van der Waals surface area contributed by atoms with Crippen LogP contribution in [-0.2, 0) is 11.2 Å². The summed E-state index contributed by atoms with van der Waals surface area (Å²) in [6.07, 6.45) is 0.916. The highest BCUT2D eigenvalue weighted by Gasteiger charge is 2.36. The zero-order valence-corrected chi connectivity index (χ0v) is 15.8. The van der Waals surface area contributed by atoms with Crippen LogP contribution in [0.15, 0.2) is 46.9 Å². The number of nitrogens with zero attached hydrogens (tertiary/aromatic N) is 2. The maximum atomic E-state index is 12.8. The molecule has 2 aromatic rings. The topological polar surface area (TPSA) is 57.7 Å². The van der Waals surface area contributed by atoms with Crippen molar-refractivity contribution in [2.75, 3.05) is 11.4 Å². The van der Waals surface area contributed by atoms with Crippen LogP contribution in [0.5, 0.6) is 0 Å². The van der Waals surface area contributed by atoms with E-state index in [2.05, 4.69) is 15.9 Å². The number of amides is 3. The molecule has 5 nitrogen and oxygen atoms in total. The van der Waals surface area contributed by atoms with Crippen LogP contribution in [0.1, 0.15) is 39.6 Å². The molecule has 0 saturated carbocycles. The van der Waals surface area contributed by atoms with Gasteiger partial charge in [0.25, 0.3) is 11.8 Å². The Morgan fingerprint density at radius 1 is 1.12 bits per heavy atom. The predicted octanol–water partition coefficient (Wildman–Crippen LogP) is 3.41. The lowest BCUT2D eigenvalue weighted by atomic mass is 10.1. The number of rotatable bonds is 3. The molecule has 0 aliphatic carbocycles. The van der Waals surface area contributed by atoms with Gasteiger partial charge < -0.3 is 4.90 Å². The zero-order valence-electron chi connectivity index (χ0n) is 14.2. The Labute approximate surface area is 159 Å². The Hall–Kier alpha value is -2.47. The first-order valence-electron chi connectivity index (χ1n) is 8.53. The first kappa shape index (κ1) is 17.0. The van der Waals surface area contributed by atoms with E-state index in [4.69, 9.17) is 0 Å². The molecule has 0 unspecified atom stereocenters. The van der Waals surface area contributed by atoms with E-state index in [9.17, 15) is 14.4 Å². The SMILES string of the molecule is C[C@H]1Cc2cc(Br)ccc2N1C(=O)CCN1C(=O)c2ccccc2C1=O. The van der Waals surface area contributed by atoms with Gasteiger partial charge in [0, 0.05) is 29.2 Å². The molecule has 2 aromatic carbocycles. The number of benzene rings is 2. The third-order valence-corrected chi connectivity index (χ3v) is 5.45. The Morgan fingerprint density at radius 3 is 2.42 bits per heavy atom. The maximum absolute atomic E-state index is 12.8. The summed E-state index contributed by atoms with van der Waals surface area (Å²) < 4.78 is 0.990. The molecule has 0 spiro atoms. The molecule has 0 N–H and O–H groups in total. The van der Waals surface area contributed by atoms with Crippen LogP contribution in [0.2, 0.25) is 0 Å². The monoisotopic (exact) mass is 412 g/mol. The van der Waals surface area contributed by atoms with Crippen molar-refractivity contribution < 1.29 is 14.4 Å². The van der Waals surface area contributed by atoms with Gasteiger partial charge in [-0.15, -0.1) is 0 Å². The molecule has 26 heavy (non-hydrogen) atoms. The largest absolute Gasteiger partial charge is 0.309 e. The van der Waals surface area contributed by atoms with Crippen LogP contribution in [0.4, 0.5) is 5.69 Å². The van der Waals surface area contributed by atoms with Crippen molar-refractivity contribution in [1.82, 2.24) is 4.90 Å². The molecule has 0 aromatic heterocycles. The minimum atomic E-state index is -0.322. The molecular formula is C20H17BrN2O3. The standard InChI is InChI=1S/C20H17BrN2O3/c1-12-10-13-11-14(21)6-7-17(13)23(12)18(24)8-9-22-19(25)15-4-2-3-5-16(15)20(22)26/h2-7,11-12H,8-10H2,1H3/t12-/m0/s1. The van der Waals surface area contributed by atoms with E-state index in [0.29, 0.717) is 11.1 Å². The number of fused-ring (bicyclic) bond motifs is 2. The zero-order chi connectivity index (χ0) is 18.4. The lowest BCUT2D eigenvalue weighted by Crippen LogP contribution is -2.39. The molecule has 0 bridgehead atoms. The number of anilines is 1. The minimum Gasteiger partial charge on any atom is -0.309 e. The first-order valence-corrected chi connectivity index (χ1v) is 9.32. The summed E-state index contributed by atoms with van der Waals surface area (Å²) in [5, 5.41) is 0. The number of imide groups is 1. The van der Waals surface area contributed by atoms with Crippen LogP contribution >= 0.6 is 15.9 Å². The van der Waals surface area contributed by atoms with Crippen molar-refractivity contribution in [3.8, 4) is 0 Å². The van der Waals surface area contributed by atoms with Gasteiger partial charge in [-0.05, 0) is 49.2 Å². The Balaban J connectivity index is 1.49. The Bertz CT molecular complexity index is 905. The second-order valence-electron chi connectivity index (χ2n) is 6.65. The van der Waals surface area contributed by atoms with Crippen molar-refractivity contribution in [1.29, 1.82) is 0 Å². The van der Waals surface area contributed by atoms with E-state index >= 15 is 0 Å². The van der Waals surface area contributed by atoms with Gasteiger partial charge in [-0.3, -0.25) is 19.3 Å². The van der Waals surface area contributed by atoms with Gasteiger partial charge in [0.2, 0.25) is 5.91 Å². The Morgan fingerprint density at radius 2 is 1.77 bits per heavy atom. The number of hydrogen-bond acceptors (Lipinski definition) is 3. The molecule has 2 aliphatic rings. The van der Waals surface area contributed by atoms with Gasteiger partial charge in [0.05, 0.1) is 11.1 Å². The average molecular weight is 413 g/mol. The van der Waals surface area contributed by atoms with Crippen LogP contribution in [-0.4, -0.2) is 35.2 Å². The molecule has 1 atom stereocenters. The highest BCUT2D eigenvalue weighted by Crippen LogP contribution is 2.34. The predicted molar refractivity (Wildman–Crippen MR) is 101 cm³/mol. The first-order chi connectivity index (χ1) is 12.5. The highest BCUT2D eigenvalue weighted by molar-refractivity contribution is 9.10. The summed E-state index contributed by atoms with van der Waals surface area (Å²) in [6.45, 7) is 2.11. The molecule has 0 fully saturated rings. The summed E-state index contributed by atoms with van der Waals surface area (Å²) in [4.78, 5) is 40.6. The fraction of sp³-hybridized carbons (Fsp3) is 0.250. The van der Waals surface area contributed by atoms with E-state index < -0.39 is 0 Å². The van der Waals surface area contributed by atoms with Gasteiger partial charge in [-0.25, -0.2) is 0 Å². The number of halogens is 1. The van der Waals surface area contributed by atoms with Gasteiger partial charge in [-0.1, -0.05) is 28.1 Å². The molecule has 132 valence electrons. The molecule has 0 radical (unpaired) electrons. The lowest BCUT2D eigenvalue weighted by molar-refractivity contribution is -0.119. The van der Waals surface area contributed by atoms with Crippen LogP contribution in [0.25, 0.3) is 0 Å². The average Bonchev–Trinajstić information content (AvgIpc) is 3.07. The van der Waals surface area contributed by atoms with Crippen molar-refractivity contribution in [2.45, 2.75) is 25.8 Å². The number of carbonyl (C=O) groups excluding carboxylic acids is 3. The van der Waals surface area contributed by atoms with Crippen LogP contribution in [0, 0.1) is 0 Å². The van der Waals surface area contributed by atoms with Gasteiger partial charge in [-0.2, -0.15) is 0 Å². The van der Waals surface area contributed by atoms with E-state index in [1.54, 1.807) is 29.2 Å². The molecule has 6 heteroatoms. The van der Waals surface area contributed by atoms with E-state index in [0.717, 1.165) is 22.1 Å². The molecule has 2 aliphatic heterocycles. The summed E-state index contributed by atoms with van der Waals surface area (Å²) in [5.41, 5.74) is 2.86. The smallest absolute Gasteiger partial charge is 0.261 e. The van der Waals surface area contributed by atoms with Crippen molar-refractivity contribution in [3.05, 3.63) is 63.6 Å². The minimum absolute atomic E-state index is 0.0639. The molecule has 0 saturated heterocycles. The highest BCUT2D eigenvalue weighted by atomic mass is 79.9. The quantitative estimate of drug-likeness (QED) is 0.725. The van der Waals surface area contributed by atoms with E-state index in [1.807, 2.05) is 25.1 Å². The second-order valence-corrected chi connectivity index (χ2v) is 7.56. The van der Waals surface area contributed by atoms with Crippen molar-refractivity contribution in [3.63, 3.8) is 0 Å². The third kappa shape index (κ3) is 2.65. The second kappa shape index (κ2) is 6.36. The molecule has 3 amide bonds. The van der Waals surface area contributed by atoms with E-state index in [-0.39, 0.29) is 36.7 Å². The summed E-state index contributed by atoms with van der Waals surface area (Å²) in [5.74, 6) is -0.718. The van der Waals surface area contributed by atoms with Gasteiger partial charge >= 0.3 is 0 Å². The number of carbonyl (C=O) groups is 3. The summed E-state index contributed by atoms with van der Waals surface area (Å²) in [6, 6.07) is 12.7. The third-order valence-electron chi connectivity index (χ3n) is 4.95. The summed E-state index contributed by atoms with van der Waals surface area (Å²) >= 11 is 3.46. The number of hydrogen-bond donors (Lipinski definition) is 0. The fourth-order valence-electron chi connectivity index (χ4n) is 3.75. The molecular weight excluding hydrogens is 396 g/mol. The fourth-order valence-corrected chi connectivity index (χ4v) is 4.16. The van der Waals surface area contributed by atoms with Crippen molar-refractivity contribution >= 4 is 39.3 Å². The maximum Gasteiger partial charge on any atom is 0.261 e. The normalized spacial score (nSPS) is 18.3. The Kier molecular flexibility index (Phi) is 4.15. The molecule has 4 rings (SSSR count).